The molecule has 0 heterocycles. The van der Waals surface area contributed by atoms with Crippen molar-refractivity contribution in [2.45, 2.75) is 13.3 Å². The van der Waals surface area contributed by atoms with Gasteiger partial charge >= 0.3 is 5.69 Å². The standard InChI is InChI=1S/C9H8FNO4/c1-2-8(12)5-3-7(11(14)15)6(10)4-9(5)13/h3-4,13H,2H2,1H3. The van der Waals surface area contributed by atoms with Crippen LogP contribution in [0.3, 0.4) is 0 Å². The van der Waals surface area contributed by atoms with Gasteiger partial charge in [0.25, 0.3) is 0 Å². The van der Waals surface area contributed by atoms with Crippen LogP contribution in [-0.4, -0.2) is 15.8 Å². The summed E-state index contributed by atoms with van der Waals surface area (Å²) in [6, 6.07) is 1.32. The number of nitro benzene ring substituents is 1. The first-order valence-electron chi connectivity index (χ1n) is 4.17. The van der Waals surface area contributed by atoms with Crippen molar-refractivity contribution in [1.82, 2.24) is 0 Å². The van der Waals surface area contributed by atoms with E-state index in [0.29, 0.717) is 6.07 Å². The summed E-state index contributed by atoms with van der Waals surface area (Å²) in [4.78, 5) is 20.6. The lowest BCUT2D eigenvalue weighted by molar-refractivity contribution is -0.387. The summed E-state index contributed by atoms with van der Waals surface area (Å²) in [6.07, 6.45) is 0.0797. The number of nitrogens with zero attached hydrogens (tertiary/aromatic N) is 1. The predicted octanol–water partition coefficient (Wildman–Crippen LogP) is 2.03. The normalized spacial score (nSPS) is 10.0. The maximum atomic E-state index is 12.9. The highest BCUT2D eigenvalue weighted by Gasteiger charge is 2.20. The minimum absolute atomic E-state index is 0.0797. The highest BCUT2D eigenvalue weighted by Crippen LogP contribution is 2.27. The van der Waals surface area contributed by atoms with Crippen molar-refractivity contribution in [3.63, 3.8) is 0 Å². The molecule has 0 spiro atoms. The molecule has 1 rings (SSSR count). The molecule has 0 bridgehead atoms. The van der Waals surface area contributed by atoms with Crippen LogP contribution in [0.2, 0.25) is 0 Å². The Morgan fingerprint density at radius 2 is 2.20 bits per heavy atom. The monoisotopic (exact) mass is 213 g/mol. The summed E-state index contributed by atoms with van der Waals surface area (Å²) in [5.41, 5.74) is -1.05. The molecule has 0 amide bonds. The van der Waals surface area contributed by atoms with Crippen LogP contribution < -0.4 is 0 Å². The maximum absolute atomic E-state index is 12.9. The number of phenolic OH excluding ortho intramolecular Hbond substituents is 1. The highest BCUT2D eigenvalue weighted by atomic mass is 19.1. The molecule has 0 fully saturated rings. The molecule has 80 valence electrons. The summed E-state index contributed by atoms with van der Waals surface area (Å²) < 4.78 is 12.9. The second-order valence-corrected chi connectivity index (χ2v) is 2.85. The first-order chi connectivity index (χ1) is 6.97. The van der Waals surface area contributed by atoms with Gasteiger partial charge in [-0.3, -0.25) is 14.9 Å². The summed E-state index contributed by atoms with van der Waals surface area (Å²) in [5.74, 6) is -2.22. The van der Waals surface area contributed by atoms with Crippen LogP contribution >= 0.6 is 0 Å². The Hall–Kier alpha value is -1.98. The van der Waals surface area contributed by atoms with Gasteiger partial charge in [0.1, 0.15) is 5.75 Å². The zero-order valence-electron chi connectivity index (χ0n) is 7.86. The zero-order valence-corrected chi connectivity index (χ0v) is 7.86. The second kappa shape index (κ2) is 4.04. The predicted molar refractivity (Wildman–Crippen MR) is 49.3 cm³/mol. The molecule has 0 radical (unpaired) electrons. The van der Waals surface area contributed by atoms with Crippen LogP contribution in [-0.2, 0) is 0 Å². The van der Waals surface area contributed by atoms with Gasteiger partial charge in [-0.1, -0.05) is 6.92 Å². The lowest BCUT2D eigenvalue weighted by Crippen LogP contribution is -2.01. The second-order valence-electron chi connectivity index (χ2n) is 2.85. The third kappa shape index (κ3) is 2.09. The Bertz CT molecular complexity index is 430. The van der Waals surface area contributed by atoms with Crippen LogP contribution in [0.4, 0.5) is 10.1 Å². The number of halogens is 1. The molecule has 15 heavy (non-hydrogen) atoms. The van der Waals surface area contributed by atoms with E-state index >= 15 is 0 Å². The van der Waals surface area contributed by atoms with E-state index in [1.54, 1.807) is 0 Å². The van der Waals surface area contributed by atoms with Gasteiger partial charge in [-0.2, -0.15) is 4.39 Å². The number of phenols is 1. The Balaban J connectivity index is 3.36. The van der Waals surface area contributed by atoms with Gasteiger partial charge in [0, 0.05) is 18.6 Å². The number of carbonyl (C=O) groups excluding carboxylic acids is 1. The third-order valence-corrected chi connectivity index (χ3v) is 1.88. The van der Waals surface area contributed by atoms with Gasteiger partial charge in [0.05, 0.1) is 10.5 Å². The van der Waals surface area contributed by atoms with E-state index in [1.807, 2.05) is 0 Å². The van der Waals surface area contributed by atoms with Crippen LogP contribution in [0.15, 0.2) is 12.1 Å². The summed E-state index contributed by atoms with van der Waals surface area (Å²) in [6.45, 7) is 1.54. The molecule has 0 aliphatic carbocycles. The molecule has 0 unspecified atom stereocenters. The molecule has 0 aliphatic heterocycles. The number of rotatable bonds is 3. The summed E-state index contributed by atoms with van der Waals surface area (Å²) in [5, 5.41) is 19.6. The number of nitro groups is 1. The summed E-state index contributed by atoms with van der Waals surface area (Å²) >= 11 is 0. The Kier molecular flexibility index (Phi) is 2.99. The van der Waals surface area contributed by atoms with Gasteiger partial charge in [-0.25, -0.2) is 0 Å². The van der Waals surface area contributed by atoms with E-state index in [4.69, 9.17) is 0 Å². The van der Waals surface area contributed by atoms with Crippen LogP contribution in [0.1, 0.15) is 23.7 Å². The number of benzene rings is 1. The molecule has 0 aromatic heterocycles. The third-order valence-electron chi connectivity index (χ3n) is 1.88. The fourth-order valence-corrected chi connectivity index (χ4v) is 1.11. The molecule has 0 atom stereocenters. The van der Waals surface area contributed by atoms with Gasteiger partial charge in [-0.05, 0) is 0 Å². The first kappa shape index (κ1) is 11.1. The number of hydrogen-bond donors (Lipinski definition) is 1. The van der Waals surface area contributed by atoms with Gasteiger partial charge in [-0.15, -0.1) is 0 Å². The van der Waals surface area contributed by atoms with E-state index in [9.17, 15) is 24.4 Å². The molecule has 1 N–H and O–H groups in total. The van der Waals surface area contributed by atoms with Crippen LogP contribution in [0, 0.1) is 15.9 Å². The van der Waals surface area contributed by atoms with E-state index in [2.05, 4.69) is 0 Å². The molecule has 0 saturated heterocycles. The van der Waals surface area contributed by atoms with Gasteiger partial charge < -0.3 is 5.11 Å². The minimum Gasteiger partial charge on any atom is -0.507 e. The average Bonchev–Trinajstić information content (AvgIpc) is 2.16. The van der Waals surface area contributed by atoms with Gasteiger partial charge in [0.2, 0.25) is 5.82 Å². The largest absolute Gasteiger partial charge is 0.507 e. The highest BCUT2D eigenvalue weighted by molar-refractivity contribution is 5.98. The molecule has 0 aliphatic rings. The SMILES string of the molecule is CCC(=O)c1cc([N+](=O)[O-])c(F)cc1O. The van der Waals surface area contributed by atoms with Crippen LogP contribution in [0.5, 0.6) is 5.75 Å². The minimum atomic E-state index is -1.16. The first-order valence-corrected chi connectivity index (χ1v) is 4.17. The Morgan fingerprint density at radius 1 is 1.60 bits per heavy atom. The number of hydrogen-bond acceptors (Lipinski definition) is 4. The average molecular weight is 213 g/mol. The Morgan fingerprint density at radius 3 is 2.67 bits per heavy atom. The summed E-state index contributed by atoms with van der Waals surface area (Å²) in [7, 11) is 0. The maximum Gasteiger partial charge on any atom is 0.305 e. The van der Waals surface area contributed by atoms with Gasteiger partial charge in [0.15, 0.2) is 5.78 Å². The number of Topliss-reactive ketones (excluding diaryl/α,β-unsaturated/α-hetero) is 1. The number of ketones is 1. The van der Waals surface area contributed by atoms with Crippen molar-refractivity contribution < 1.29 is 19.2 Å². The fraction of sp³-hybridized carbons (Fsp3) is 0.222. The van der Waals surface area contributed by atoms with Crippen molar-refractivity contribution in [2.75, 3.05) is 0 Å². The van der Waals surface area contributed by atoms with Crippen molar-refractivity contribution in [1.29, 1.82) is 0 Å². The van der Waals surface area contributed by atoms with Crippen LogP contribution in [0.25, 0.3) is 0 Å². The molecule has 1 aromatic rings. The number of aromatic hydroxyl groups is 1. The van der Waals surface area contributed by atoms with E-state index in [-0.39, 0.29) is 12.0 Å². The smallest absolute Gasteiger partial charge is 0.305 e. The van der Waals surface area contributed by atoms with E-state index < -0.39 is 28.0 Å². The molecule has 0 saturated carbocycles. The van der Waals surface area contributed by atoms with Crippen molar-refractivity contribution in [2.24, 2.45) is 0 Å². The molecule has 5 nitrogen and oxygen atoms in total. The molecular formula is C9H8FNO4. The van der Waals surface area contributed by atoms with E-state index in [1.165, 1.54) is 6.92 Å². The fourth-order valence-electron chi connectivity index (χ4n) is 1.11. The lowest BCUT2D eigenvalue weighted by Gasteiger charge is -2.02. The van der Waals surface area contributed by atoms with Crippen molar-refractivity contribution in [3.05, 3.63) is 33.6 Å². The quantitative estimate of drug-likeness (QED) is 0.473. The lowest BCUT2D eigenvalue weighted by atomic mass is 10.1. The Labute approximate surface area is 84.3 Å². The molecule has 1 aromatic carbocycles. The van der Waals surface area contributed by atoms with Crippen molar-refractivity contribution >= 4 is 11.5 Å². The molecular weight excluding hydrogens is 205 g/mol. The number of carbonyl (C=O) groups is 1. The van der Waals surface area contributed by atoms with E-state index in [0.717, 1.165) is 6.07 Å². The zero-order chi connectivity index (χ0) is 11.6. The molecule has 6 heteroatoms. The topological polar surface area (TPSA) is 80.4 Å². The van der Waals surface area contributed by atoms with Crippen molar-refractivity contribution in [3.8, 4) is 5.75 Å².